The summed E-state index contributed by atoms with van der Waals surface area (Å²) in [5.74, 6) is 0. The van der Waals surface area contributed by atoms with E-state index in [2.05, 4.69) is 0 Å². The average molecular weight is 579 g/mol. The first kappa shape index (κ1) is 57.2. The fraction of sp³-hybridized carbons (Fsp3) is 0. The Kier molecular flexibility index (Phi) is 61.8. The van der Waals surface area contributed by atoms with Crippen LogP contribution in [0, 0.1) is 0 Å². The number of phosphoric acid groups is 2. The van der Waals surface area contributed by atoms with Crippen molar-refractivity contribution in [2.45, 2.75) is 0 Å². The van der Waals surface area contributed by atoms with Crippen molar-refractivity contribution in [3.63, 3.8) is 0 Å². The van der Waals surface area contributed by atoms with Gasteiger partial charge in [-0.2, -0.15) is 16.8 Å². The monoisotopic (exact) mass is 578 g/mol. The van der Waals surface area contributed by atoms with E-state index in [1.165, 1.54) is 0 Å². The van der Waals surface area contributed by atoms with Gasteiger partial charge < -0.3 is 46.2 Å². The zero-order valence-corrected chi connectivity index (χ0v) is 24.2. The van der Waals surface area contributed by atoms with Gasteiger partial charge in [0.1, 0.15) is 0 Å². The molecule has 0 aromatic rings. The summed E-state index contributed by atoms with van der Waals surface area (Å²) in [5, 5.41) is 0. The Balaban J connectivity index is -0.00000000610. The van der Waals surface area contributed by atoms with E-state index < -0.39 is 36.4 Å². The molecular weight excluding hydrogens is 558 g/mol. The molecule has 25 heavy (non-hydrogen) atoms. The molecule has 0 aliphatic carbocycles. The van der Waals surface area contributed by atoms with Crippen molar-refractivity contribution in [3.8, 4) is 0 Å². The number of hydrogen-bond acceptors (Lipinski definition) is 6. The van der Waals surface area contributed by atoms with E-state index in [9.17, 15) is 0 Å². The minimum absolute atomic E-state index is 0. The molecule has 0 heterocycles. The van der Waals surface area contributed by atoms with Crippen LogP contribution in [0.4, 0.5) is 0 Å². The molecule has 0 spiro atoms. The van der Waals surface area contributed by atoms with Gasteiger partial charge in [-0.15, -0.1) is 0 Å². The maximum Gasteiger partial charge on any atom is 2.00 e. The molecule has 0 aliphatic rings. The van der Waals surface area contributed by atoms with Gasteiger partial charge in [-0.3, -0.25) is 18.2 Å². The summed E-state index contributed by atoms with van der Waals surface area (Å²) in [4.78, 5) is 43.1. The summed E-state index contributed by atoms with van der Waals surface area (Å²) < 4.78 is 80.9. The first-order valence-corrected chi connectivity index (χ1v) is 8.89. The molecule has 0 aromatic carbocycles. The molecule has 0 radical (unpaired) electrons. The molecule has 152 valence electrons. The Hall–Kier alpha value is 4.96. The van der Waals surface area contributed by atoms with Crippen LogP contribution in [-0.2, 0) is 29.9 Å². The number of rotatable bonds is 0. The van der Waals surface area contributed by atoms with Gasteiger partial charge >= 0.3 is 187 Å². The minimum Gasteiger partial charge on any atom is -1.00 e. The molecule has 0 atom stereocenters. The molecule has 17 nitrogen and oxygen atoms in total. The molecule has 25 heteroatoms. The Morgan fingerprint density at radius 1 is 0.520 bits per heavy atom. The second-order valence-electron chi connectivity index (χ2n) is 1.92. The third kappa shape index (κ3) is 856. The zero-order chi connectivity index (χ0) is 18.0. The van der Waals surface area contributed by atoms with Gasteiger partial charge in [0.25, 0.3) is 0 Å². The number of hydrogen-bond donors (Lipinski definition) is 10. The molecule has 0 amide bonds. The van der Waals surface area contributed by atoms with Gasteiger partial charge in [0.05, 0.1) is 0 Å². The van der Waals surface area contributed by atoms with Gasteiger partial charge in [0.15, 0.2) is 0 Å². The molecule has 0 aliphatic heterocycles. The fourth-order valence-electron chi connectivity index (χ4n) is 0. The van der Waals surface area contributed by atoms with Crippen molar-refractivity contribution < 1.29 is 90.4 Å². The summed E-state index contributed by atoms with van der Waals surface area (Å²) in [6.07, 6.45) is 0. The quantitative estimate of drug-likeness (QED) is 0.0733. The van der Waals surface area contributed by atoms with Crippen LogP contribution in [-0.4, -0.2) is 221 Å². The van der Waals surface area contributed by atoms with Crippen LogP contribution < -0.4 is 0 Å². The predicted octanol–water partition coefficient (Wildman–Crippen LogP) is -4.61. The predicted molar refractivity (Wildman–Crippen MR) is 92.4 cm³/mol. The largest absolute Gasteiger partial charge is 2.00 e. The average Bonchev–Trinajstić information content (AvgIpc) is 1.62. The third-order valence-electron chi connectivity index (χ3n) is 0. The molecule has 0 bridgehead atoms. The van der Waals surface area contributed by atoms with Gasteiger partial charge in [-0.25, -0.2) is 9.13 Å². The fourth-order valence-corrected chi connectivity index (χ4v) is 0. The molecular formula is H20Ca4O17P2S2. The Bertz CT molecular complexity index is 467. The zero-order valence-electron chi connectivity index (χ0n) is 20.0. The van der Waals surface area contributed by atoms with Crippen LogP contribution in [0.3, 0.4) is 0 Å². The van der Waals surface area contributed by atoms with Crippen molar-refractivity contribution in [1.82, 2.24) is 0 Å². The molecule has 0 rings (SSSR count). The molecule has 0 saturated heterocycles. The SMILES string of the molecule is O.O=P(O)(O)O.O=P(O)(O)O.O=S(=O)(O)O.O=S(=O)(O)O.[Ca+2].[Ca+2].[Ca+2].[Ca+2].[H-].[H-].[H-].[H-].[H-].[H-].[H-].[H-]. The van der Waals surface area contributed by atoms with E-state index in [-0.39, 0.29) is 168 Å². The Morgan fingerprint density at radius 3 is 0.520 bits per heavy atom. The van der Waals surface area contributed by atoms with Crippen LogP contribution in [0.2, 0.25) is 0 Å². The normalized spacial score (nSPS) is 9.36. The van der Waals surface area contributed by atoms with Gasteiger partial charge in [-0.05, 0) is 0 Å². The summed E-state index contributed by atoms with van der Waals surface area (Å²) in [6.45, 7) is 0. The first-order valence-electron chi connectivity index (χ1n) is 2.96. The van der Waals surface area contributed by atoms with Crippen LogP contribution in [0.15, 0.2) is 0 Å². The van der Waals surface area contributed by atoms with Crippen molar-refractivity contribution in [2.75, 3.05) is 0 Å². The Labute approximate surface area is 272 Å². The van der Waals surface area contributed by atoms with Crippen molar-refractivity contribution in [1.29, 1.82) is 0 Å². The summed E-state index contributed by atoms with van der Waals surface area (Å²) >= 11 is 0. The minimum atomic E-state index is -4.67. The van der Waals surface area contributed by atoms with Gasteiger partial charge in [-0.1, -0.05) is 0 Å². The third-order valence-corrected chi connectivity index (χ3v) is 0. The maximum atomic E-state index is 8.88. The van der Waals surface area contributed by atoms with E-state index in [0.717, 1.165) is 0 Å². The molecule has 0 aromatic heterocycles. The molecule has 0 saturated carbocycles. The van der Waals surface area contributed by atoms with Crippen molar-refractivity contribution in [2.24, 2.45) is 0 Å². The smallest absolute Gasteiger partial charge is 1.00 e. The second kappa shape index (κ2) is 27.0. The molecule has 0 fully saturated rings. The summed E-state index contributed by atoms with van der Waals surface area (Å²) in [6, 6.07) is 0. The van der Waals surface area contributed by atoms with Crippen LogP contribution >= 0.6 is 15.6 Å². The second-order valence-corrected chi connectivity index (χ2v) is 5.77. The summed E-state index contributed by atoms with van der Waals surface area (Å²) in [7, 11) is -18.6. The van der Waals surface area contributed by atoms with E-state index in [1.807, 2.05) is 0 Å². The molecule has 0 unspecified atom stereocenters. The van der Waals surface area contributed by atoms with Gasteiger partial charge in [0.2, 0.25) is 0 Å². The first-order chi connectivity index (χ1) is 8.00. The van der Waals surface area contributed by atoms with Crippen molar-refractivity contribution >= 4 is 187 Å². The standard InChI is InChI=1S/4Ca.2H3O4P.2H2O4S.H2O.8H/c;;;;4*1-5(2,3)4;;;;;;;;;/h;;;;2*(H3,1,2,3,4);2*(H2,1,2,3,4);1H2;;;;;;;;/q4*+2;;;;;;8*-1. The maximum absolute atomic E-state index is 8.88. The molecule has 12 N–H and O–H groups in total. The van der Waals surface area contributed by atoms with E-state index in [4.69, 9.17) is 73.5 Å². The van der Waals surface area contributed by atoms with E-state index in [0.29, 0.717) is 0 Å². The summed E-state index contributed by atoms with van der Waals surface area (Å²) in [5.41, 5.74) is 0. The van der Waals surface area contributed by atoms with Crippen LogP contribution in [0.25, 0.3) is 0 Å². The van der Waals surface area contributed by atoms with Crippen LogP contribution in [0.1, 0.15) is 11.4 Å². The van der Waals surface area contributed by atoms with Crippen LogP contribution in [0.5, 0.6) is 0 Å². The van der Waals surface area contributed by atoms with E-state index >= 15 is 0 Å². The Morgan fingerprint density at radius 2 is 0.520 bits per heavy atom. The van der Waals surface area contributed by atoms with E-state index in [1.54, 1.807) is 0 Å². The topological polar surface area (TPSA) is 336 Å². The van der Waals surface area contributed by atoms with Crippen molar-refractivity contribution in [3.05, 3.63) is 0 Å². The van der Waals surface area contributed by atoms with Gasteiger partial charge in [0, 0.05) is 0 Å².